The second kappa shape index (κ2) is 8.41. The molecule has 0 saturated carbocycles. The van der Waals surface area contributed by atoms with Crippen LogP contribution in [0.4, 0.5) is 0 Å². The van der Waals surface area contributed by atoms with Gasteiger partial charge in [-0.25, -0.2) is 4.79 Å². The van der Waals surface area contributed by atoms with Gasteiger partial charge in [-0.05, 0) is 48.6 Å². The number of esters is 1. The Morgan fingerprint density at radius 2 is 1.54 bits per heavy atom. The average Bonchev–Trinajstić information content (AvgIpc) is 3.15. The maximum absolute atomic E-state index is 13.6. The molecule has 0 spiro atoms. The second-order valence-corrected chi connectivity index (χ2v) is 10.9. The molecule has 2 aliphatic carbocycles. The predicted octanol–water partition coefficient (Wildman–Crippen LogP) is 6.15. The molecule has 0 bridgehead atoms. The number of dihydropyridines is 1. The molecule has 0 fully saturated rings. The largest absolute Gasteiger partial charge is 0.423 e. The number of Topliss-reactive ketones (excluding diaryl/α,β-unsaturated/α-hetero) is 2. The van der Waals surface area contributed by atoms with Gasteiger partial charge in [0.15, 0.2) is 11.6 Å². The van der Waals surface area contributed by atoms with Crippen molar-refractivity contribution in [2.45, 2.75) is 39.5 Å². The number of fused-ring (bicyclic) bond motifs is 2. The lowest BCUT2D eigenvalue weighted by Gasteiger charge is -2.39. The molecule has 0 amide bonds. The molecule has 1 N–H and O–H groups in total. The van der Waals surface area contributed by atoms with Crippen LogP contribution in [0.1, 0.15) is 70.0 Å². The Labute approximate surface area is 215 Å². The number of allylic oxidation sites excluding steroid dienone is 3. The highest BCUT2D eigenvalue weighted by molar-refractivity contribution is 6.23. The van der Waals surface area contributed by atoms with Crippen LogP contribution in [0.5, 0.6) is 5.75 Å². The molecular formula is C32H27NO4. The SMILES string of the molecule is Cc1ccc(C(=O)Oc2ccc([C@@H]3C4=C(CC(C)(C)CC4=O)NC4=C3C(=O)c3ccccc34)cc2)cc1. The number of hydrogen-bond acceptors (Lipinski definition) is 5. The van der Waals surface area contributed by atoms with E-state index < -0.39 is 11.9 Å². The van der Waals surface area contributed by atoms with Crippen molar-refractivity contribution in [1.29, 1.82) is 0 Å². The summed E-state index contributed by atoms with van der Waals surface area (Å²) < 4.78 is 5.59. The summed E-state index contributed by atoms with van der Waals surface area (Å²) in [5, 5.41) is 3.50. The number of rotatable bonds is 3. The molecule has 1 heterocycles. The first kappa shape index (κ1) is 23.2. The zero-order chi connectivity index (χ0) is 25.9. The van der Waals surface area contributed by atoms with E-state index in [2.05, 4.69) is 19.2 Å². The molecule has 0 aromatic heterocycles. The summed E-state index contributed by atoms with van der Waals surface area (Å²) in [6, 6.07) is 22.0. The van der Waals surface area contributed by atoms with Gasteiger partial charge in [0.1, 0.15) is 5.75 Å². The van der Waals surface area contributed by atoms with Crippen LogP contribution in [-0.2, 0) is 4.79 Å². The molecule has 6 rings (SSSR count). The number of carbonyl (C=O) groups is 3. The molecule has 5 nitrogen and oxygen atoms in total. The molecule has 184 valence electrons. The number of carbonyl (C=O) groups excluding carboxylic acids is 3. The minimum Gasteiger partial charge on any atom is -0.423 e. The number of ketones is 2. The van der Waals surface area contributed by atoms with E-state index in [0.717, 1.165) is 34.5 Å². The van der Waals surface area contributed by atoms with Gasteiger partial charge in [-0.3, -0.25) is 9.59 Å². The lowest BCUT2D eigenvalue weighted by molar-refractivity contribution is -0.118. The Bertz CT molecular complexity index is 1540. The van der Waals surface area contributed by atoms with Crippen LogP contribution in [0.15, 0.2) is 89.6 Å². The van der Waals surface area contributed by atoms with E-state index in [1.165, 1.54) is 0 Å². The van der Waals surface area contributed by atoms with Gasteiger partial charge in [0.05, 0.1) is 11.3 Å². The fourth-order valence-electron chi connectivity index (χ4n) is 5.71. The van der Waals surface area contributed by atoms with Gasteiger partial charge in [-0.1, -0.05) is 67.9 Å². The van der Waals surface area contributed by atoms with Gasteiger partial charge in [-0.2, -0.15) is 0 Å². The summed E-state index contributed by atoms with van der Waals surface area (Å²) >= 11 is 0. The zero-order valence-corrected chi connectivity index (χ0v) is 21.1. The highest BCUT2D eigenvalue weighted by Crippen LogP contribution is 2.51. The number of benzene rings is 3. The normalized spacial score (nSPS) is 19.7. The highest BCUT2D eigenvalue weighted by Gasteiger charge is 2.46. The van der Waals surface area contributed by atoms with Crippen molar-refractivity contribution < 1.29 is 19.1 Å². The Kier molecular flexibility index (Phi) is 5.27. The van der Waals surface area contributed by atoms with E-state index >= 15 is 0 Å². The summed E-state index contributed by atoms with van der Waals surface area (Å²) in [5.41, 5.74) is 6.69. The Balaban J connectivity index is 1.39. The van der Waals surface area contributed by atoms with Crippen molar-refractivity contribution in [2.75, 3.05) is 0 Å². The smallest absolute Gasteiger partial charge is 0.343 e. The quantitative estimate of drug-likeness (QED) is 0.353. The van der Waals surface area contributed by atoms with E-state index in [0.29, 0.717) is 34.4 Å². The lowest BCUT2D eigenvalue weighted by atomic mass is 9.68. The number of ether oxygens (including phenoxy) is 1. The summed E-state index contributed by atoms with van der Waals surface area (Å²) in [4.78, 5) is 39.7. The van der Waals surface area contributed by atoms with Crippen molar-refractivity contribution in [3.63, 3.8) is 0 Å². The van der Waals surface area contributed by atoms with Gasteiger partial charge in [0.25, 0.3) is 0 Å². The second-order valence-electron chi connectivity index (χ2n) is 10.9. The monoisotopic (exact) mass is 489 g/mol. The molecule has 1 aliphatic heterocycles. The first-order valence-corrected chi connectivity index (χ1v) is 12.5. The molecule has 5 heteroatoms. The van der Waals surface area contributed by atoms with Gasteiger partial charge in [0, 0.05) is 40.3 Å². The van der Waals surface area contributed by atoms with Crippen LogP contribution in [0.25, 0.3) is 5.70 Å². The van der Waals surface area contributed by atoms with Crippen molar-refractivity contribution in [3.8, 4) is 5.75 Å². The van der Waals surface area contributed by atoms with E-state index in [9.17, 15) is 14.4 Å². The molecule has 3 aromatic carbocycles. The van der Waals surface area contributed by atoms with Crippen LogP contribution >= 0.6 is 0 Å². The van der Waals surface area contributed by atoms with Crippen LogP contribution < -0.4 is 10.1 Å². The topological polar surface area (TPSA) is 72.5 Å². The fraction of sp³-hybridized carbons (Fsp3) is 0.219. The number of aryl methyl sites for hydroxylation is 1. The molecule has 0 radical (unpaired) electrons. The third-order valence-corrected chi connectivity index (χ3v) is 7.44. The van der Waals surface area contributed by atoms with Crippen LogP contribution in [-0.4, -0.2) is 17.5 Å². The minimum atomic E-state index is -0.475. The predicted molar refractivity (Wildman–Crippen MR) is 141 cm³/mol. The minimum absolute atomic E-state index is 0.0536. The first-order chi connectivity index (χ1) is 17.7. The maximum Gasteiger partial charge on any atom is 0.343 e. The standard InChI is InChI=1S/C32H27NO4/c1-18-8-10-20(11-9-18)31(36)37-21-14-12-19(13-15-21)26-27-24(16-32(2,3)17-25(27)34)33-29-22-6-4-5-7-23(22)30(35)28(26)29/h4-15,26,33H,16-17H2,1-3H3/t26-/m1/s1. The van der Waals surface area contributed by atoms with Crippen molar-refractivity contribution in [2.24, 2.45) is 5.41 Å². The number of hydrogen-bond donors (Lipinski definition) is 1. The Hall–Kier alpha value is -4.25. The third-order valence-electron chi connectivity index (χ3n) is 7.44. The molecule has 1 atom stereocenters. The molecule has 0 unspecified atom stereocenters. The van der Waals surface area contributed by atoms with Crippen LogP contribution in [0.3, 0.4) is 0 Å². The van der Waals surface area contributed by atoms with Gasteiger partial charge in [-0.15, -0.1) is 0 Å². The number of nitrogens with one attached hydrogen (secondary N) is 1. The summed E-state index contributed by atoms with van der Waals surface area (Å²) in [6.45, 7) is 6.16. The fourth-order valence-corrected chi connectivity index (χ4v) is 5.71. The Morgan fingerprint density at radius 3 is 2.24 bits per heavy atom. The Morgan fingerprint density at radius 1 is 0.865 bits per heavy atom. The van der Waals surface area contributed by atoms with Crippen LogP contribution in [0.2, 0.25) is 0 Å². The molecule has 3 aliphatic rings. The summed E-state index contributed by atoms with van der Waals surface area (Å²) in [6.07, 6.45) is 1.16. The van der Waals surface area contributed by atoms with Crippen LogP contribution in [0, 0.1) is 12.3 Å². The zero-order valence-electron chi connectivity index (χ0n) is 21.1. The third kappa shape index (κ3) is 3.91. The summed E-state index contributed by atoms with van der Waals surface area (Å²) in [7, 11) is 0. The van der Waals surface area contributed by atoms with Gasteiger partial charge < -0.3 is 10.1 Å². The molecule has 0 saturated heterocycles. The molecule has 3 aromatic rings. The first-order valence-electron chi connectivity index (χ1n) is 12.5. The average molecular weight is 490 g/mol. The summed E-state index contributed by atoms with van der Waals surface area (Å²) in [5.74, 6) is -0.493. The van der Waals surface area contributed by atoms with Gasteiger partial charge in [0.2, 0.25) is 0 Å². The van der Waals surface area contributed by atoms with Crippen molar-refractivity contribution in [3.05, 3.63) is 117 Å². The van der Waals surface area contributed by atoms with E-state index in [1.807, 2.05) is 55.5 Å². The maximum atomic E-state index is 13.6. The van der Waals surface area contributed by atoms with E-state index in [-0.39, 0.29) is 17.0 Å². The lowest BCUT2D eigenvalue weighted by Crippen LogP contribution is -2.37. The van der Waals surface area contributed by atoms with E-state index in [1.54, 1.807) is 24.3 Å². The van der Waals surface area contributed by atoms with Crippen molar-refractivity contribution >= 4 is 23.2 Å². The molecule has 37 heavy (non-hydrogen) atoms. The molecular weight excluding hydrogens is 462 g/mol. The van der Waals surface area contributed by atoms with E-state index in [4.69, 9.17) is 4.74 Å². The highest BCUT2D eigenvalue weighted by atomic mass is 16.5. The van der Waals surface area contributed by atoms with Gasteiger partial charge >= 0.3 is 5.97 Å². The van der Waals surface area contributed by atoms with Crippen molar-refractivity contribution in [1.82, 2.24) is 5.32 Å².